The fourth-order valence-corrected chi connectivity index (χ4v) is 1.81. The van der Waals surface area contributed by atoms with E-state index >= 15 is 0 Å². The molecule has 0 aromatic heterocycles. The molecular formula is C12H19NO4. The predicted molar refractivity (Wildman–Crippen MR) is 62.7 cm³/mol. The minimum Gasteiger partial charge on any atom is -0.479 e. The molecule has 0 saturated heterocycles. The first-order chi connectivity index (χ1) is 7.73. The molecule has 1 aliphatic rings. The van der Waals surface area contributed by atoms with Gasteiger partial charge < -0.3 is 9.84 Å². The van der Waals surface area contributed by atoms with E-state index in [0.717, 1.165) is 0 Å². The van der Waals surface area contributed by atoms with E-state index < -0.39 is 23.2 Å². The summed E-state index contributed by atoms with van der Waals surface area (Å²) in [5.41, 5.74) is -1.89. The largest absolute Gasteiger partial charge is 0.479 e. The van der Waals surface area contributed by atoms with Crippen LogP contribution < -0.4 is 0 Å². The molecule has 0 aromatic rings. The molecule has 1 unspecified atom stereocenters. The number of aliphatic carboxylic acids is 1. The van der Waals surface area contributed by atoms with E-state index in [2.05, 4.69) is 0 Å². The van der Waals surface area contributed by atoms with Gasteiger partial charge in [-0.2, -0.15) is 0 Å². The summed E-state index contributed by atoms with van der Waals surface area (Å²) in [4.78, 5) is 24.5. The highest BCUT2D eigenvalue weighted by Crippen LogP contribution is 2.29. The van der Waals surface area contributed by atoms with Gasteiger partial charge in [0.25, 0.3) is 0 Å². The van der Waals surface area contributed by atoms with Crippen molar-refractivity contribution in [3.8, 4) is 0 Å². The van der Waals surface area contributed by atoms with Crippen LogP contribution in [0.3, 0.4) is 0 Å². The Kier molecular flexibility index (Phi) is 3.50. The van der Waals surface area contributed by atoms with E-state index in [0.29, 0.717) is 6.42 Å². The standard InChI is InChI=1S/C12H19NO4/c1-5-12(9(14)15)7-6-8-13(12)10(16)17-11(2,3)4/h6-7H,5,8H2,1-4H3,(H,14,15). The quantitative estimate of drug-likeness (QED) is 0.751. The highest BCUT2D eigenvalue weighted by molar-refractivity contribution is 5.87. The number of nitrogens with zero attached hydrogens (tertiary/aromatic N) is 1. The van der Waals surface area contributed by atoms with Crippen LogP contribution in [-0.2, 0) is 9.53 Å². The molecule has 0 aliphatic carbocycles. The van der Waals surface area contributed by atoms with Crippen molar-refractivity contribution >= 4 is 12.1 Å². The van der Waals surface area contributed by atoms with Gasteiger partial charge in [-0.3, -0.25) is 4.90 Å². The fraction of sp³-hybridized carbons (Fsp3) is 0.667. The van der Waals surface area contributed by atoms with E-state index in [4.69, 9.17) is 4.74 Å². The van der Waals surface area contributed by atoms with Gasteiger partial charge in [0.1, 0.15) is 5.60 Å². The van der Waals surface area contributed by atoms with Crippen molar-refractivity contribution in [1.29, 1.82) is 0 Å². The molecule has 1 amide bonds. The average molecular weight is 241 g/mol. The molecule has 5 heteroatoms. The van der Waals surface area contributed by atoms with Crippen LogP contribution in [0.1, 0.15) is 34.1 Å². The lowest BCUT2D eigenvalue weighted by Crippen LogP contribution is -2.54. The second kappa shape index (κ2) is 4.39. The van der Waals surface area contributed by atoms with Crippen molar-refractivity contribution in [3.05, 3.63) is 12.2 Å². The van der Waals surface area contributed by atoms with Gasteiger partial charge in [0.15, 0.2) is 5.54 Å². The maximum absolute atomic E-state index is 11.9. The van der Waals surface area contributed by atoms with Gasteiger partial charge in [0, 0.05) is 6.54 Å². The summed E-state index contributed by atoms with van der Waals surface area (Å²) >= 11 is 0. The third-order valence-corrected chi connectivity index (χ3v) is 2.69. The average Bonchev–Trinajstić information content (AvgIpc) is 2.59. The Morgan fingerprint density at radius 1 is 1.47 bits per heavy atom. The van der Waals surface area contributed by atoms with Crippen LogP contribution in [0.4, 0.5) is 4.79 Å². The van der Waals surface area contributed by atoms with Crippen molar-refractivity contribution in [1.82, 2.24) is 4.90 Å². The highest BCUT2D eigenvalue weighted by Gasteiger charge is 2.47. The van der Waals surface area contributed by atoms with Crippen LogP contribution in [0.25, 0.3) is 0 Å². The molecule has 0 aromatic carbocycles. The molecule has 0 bridgehead atoms. The number of amides is 1. The number of carbonyl (C=O) groups excluding carboxylic acids is 1. The van der Waals surface area contributed by atoms with Gasteiger partial charge in [-0.05, 0) is 33.3 Å². The first-order valence-corrected chi connectivity index (χ1v) is 5.64. The fourth-order valence-electron chi connectivity index (χ4n) is 1.81. The van der Waals surface area contributed by atoms with Crippen LogP contribution in [0.2, 0.25) is 0 Å². The van der Waals surface area contributed by atoms with Gasteiger partial charge in [0.2, 0.25) is 0 Å². The second-order valence-electron chi connectivity index (χ2n) is 5.08. The maximum Gasteiger partial charge on any atom is 0.411 e. The summed E-state index contributed by atoms with van der Waals surface area (Å²) in [6.45, 7) is 7.27. The summed E-state index contributed by atoms with van der Waals surface area (Å²) in [6.07, 6.45) is 2.96. The summed E-state index contributed by atoms with van der Waals surface area (Å²) in [5, 5.41) is 9.28. The molecule has 1 aliphatic heterocycles. The Bertz CT molecular complexity index is 356. The highest BCUT2D eigenvalue weighted by atomic mass is 16.6. The molecule has 1 atom stereocenters. The number of ether oxygens (including phenoxy) is 1. The van der Waals surface area contributed by atoms with Crippen molar-refractivity contribution in [3.63, 3.8) is 0 Å². The molecule has 17 heavy (non-hydrogen) atoms. The second-order valence-corrected chi connectivity index (χ2v) is 5.08. The molecule has 0 spiro atoms. The van der Waals surface area contributed by atoms with Crippen molar-refractivity contribution in [2.24, 2.45) is 0 Å². The lowest BCUT2D eigenvalue weighted by Gasteiger charge is -2.34. The topological polar surface area (TPSA) is 66.8 Å². The normalized spacial score (nSPS) is 23.9. The number of rotatable bonds is 2. The SMILES string of the molecule is CCC1(C(=O)O)C=CCN1C(=O)OC(C)(C)C. The van der Waals surface area contributed by atoms with E-state index in [9.17, 15) is 14.7 Å². The third-order valence-electron chi connectivity index (χ3n) is 2.69. The van der Waals surface area contributed by atoms with Gasteiger partial charge in [0.05, 0.1) is 0 Å². The molecule has 96 valence electrons. The van der Waals surface area contributed by atoms with E-state index in [1.165, 1.54) is 4.90 Å². The Balaban J connectivity index is 2.92. The Morgan fingerprint density at radius 3 is 2.47 bits per heavy atom. The molecule has 1 heterocycles. The molecule has 0 saturated carbocycles. The summed E-state index contributed by atoms with van der Waals surface area (Å²) in [7, 11) is 0. The van der Waals surface area contributed by atoms with Gasteiger partial charge >= 0.3 is 12.1 Å². The number of carboxylic acids is 1. The number of carbonyl (C=O) groups is 2. The molecule has 1 rings (SSSR count). The number of hydrogen-bond acceptors (Lipinski definition) is 3. The Hall–Kier alpha value is -1.52. The van der Waals surface area contributed by atoms with E-state index in [-0.39, 0.29) is 6.54 Å². The molecule has 1 N–H and O–H groups in total. The Labute approximate surface area is 101 Å². The van der Waals surface area contributed by atoms with Crippen molar-refractivity contribution in [2.45, 2.75) is 45.3 Å². The minimum atomic E-state index is -1.26. The van der Waals surface area contributed by atoms with Crippen LogP contribution in [0.5, 0.6) is 0 Å². The van der Waals surface area contributed by atoms with Gasteiger partial charge in [-0.1, -0.05) is 13.0 Å². The van der Waals surface area contributed by atoms with Crippen molar-refractivity contribution in [2.75, 3.05) is 6.54 Å². The minimum absolute atomic E-state index is 0.273. The number of carboxylic acid groups (broad SMARTS) is 1. The van der Waals surface area contributed by atoms with Crippen molar-refractivity contribution < 1.29 is 19.4 Å². The zero-order valence-electron chi connectivity index (χ0n) is 10.7. The molecule has 0 radical (unpaired) electrons. The zero-order valence-corrected chi connectivity index (χ0v) is 10.7. The van der Waals surface area contributed by atoms with Crippen LogP contribution in [0.15, 0.2) is 12.2 Å². The van der Waals surface area contributed by atoms with Crippen LogP contribution >= 0.6 is 0 Å². The van der Waals surface area contributed by atoms with Gasteiger partial charge in [-0.15, -0.1) is 0 Å². The third kappa shape index (κ3) is 2.60. The predicted octanol–water partition coefficient (Wildman–Crippen LogP) is 2.03. The summed E-state index contributed by atoms with van der Waals surface area (Å²) in [5.74, 6) is -1.03. The Morgan fingerprint density at radius 2 is 2.06 bits per heavy atom. The summed E-state index contributed by atoms with van der Waals surface area (Å²) in [6, 6.07) is 0. The number of hydrogen-bond donors (Lipinski definition) is 1. The van der Waals surface area contributed by atoms with Gasteiger partial charge in [-0.25, -0.2) is 9.59 Å². The van der Waals surface area contributed by atoms with Crippen LogP contribution in [-0.4, -0.2) is 39.8 Å². The monoisotopic (exact) mass is 241 g/mol. The smallest absolute Gasteiger partial charge is 0.411 e. The molecule has 5 nitrogen and oxygen atoms in total. The summed E-state index contributed by atoms with van der Waals surface area (Å²) < 4.78 is 5.21. The molecular weight excluding hydrogens is 222 g/mol. The van der Waals surface area contributed by atoms with Crippen LogP contribution in [0, 0.1) is 0 Å². The maximum atomic E-state index is 11.9. The van der Waals surface area contributed by atoms with E-state index in [1.54, 1.807) is 39.8 Å². The van der Waals surface area contributed by atoms with E-state index in [1.807, 2.05) is 0 Å². The lowest BCUT2D eigenvalue weighted by atomic mass is 9.96. The zero-order chi connectivity index (χ0) is 13.3. The first kappa shape index (κ1) is 13.5. The first-order valence-electron chi connectivity index (χ1n) is 5.64. The lowest BCUT2D eigenvalue weighted by molar-refractivity contribution is -0.147. The molecule has 0 fully saturated rings.